The summed E-state index contributed by atoms with van der Waals surface area (Å²) in [5, 5.41) is 0. The van der Waals surface area contributed by atoms with Crippen molar-refractivity contribution in [3.05, 3.63) is 59.7 Å². The molecule has 0 aliphatic heterocycles. The fourth-order valence-corrected chi connectivity index (χ4v) is 3.03. The Balaban J connectivity index is 2.23. The number of hydrogen-bond acceptors (Lipinski definition) is 2. The molecule has 0 radical (unpaired) electrons. The first kappa shape index (κ1) is 14.2. The number of nitrogens with two attached hydrogens (primary N) is 1. The summed E-state index contributed by atoms with van der Waals surface area (Å²) in [6, 6.07) is 17.3. The Morgan fingerprint density at radius 1 is 1.00 bits per heavy atom. The Kier molecular flexibility index (Phi) is 5.06. The Hall–Kier alpha value is -1.25. The van der Waals surface area contributed by atoms with Gasteiger partial charge in [0.05, 0.1) is 0 Å². The molecular formula is C17H21NS. The smallest absolute Gasteiger partial charge is 0.0155 e. The first-order valence-electron chi connectivity index (χ1n) is 6.77. The fraction of sp³-hybridized carbons (Fsp3) is 0.294. The highest BCUT2D eigenvalue weighted by atomic mass is 32.2. The predicted molar refractivity (Wildman–Crippen MR) is 83.7 cm³/mol. The van der Waals surface area contributed by atoms with Gasteiger partial charge in [0.1, 0.15) is 0 Å². The third-order valence-electron chi connectivity index (χ3n) is 3.29. The molecular weight excluding hydrogens is 250 g/mol. The molecule has 0 bridgehead atoms. The molecule has 0 aromatic heterocycles. The molecule has 100 valence electrons. The van der Waals surface area contributed by atoms with Crippen LogP contribution >= 0.6 is 11.8 Å². The second-order valence-corrected chi connectivity index (χ2v) is 5.93. The van der Waals surface area contributed by atoms with Crippen molar-refractivity contribution in [3.63, 3.8) is 0 Å². The number of hydrogen-bond donors (Lipinski definition) is 1. The van der Waals surface area contributed by atoms with Gasteiger partial charge in [-0.15, -0.1) is 0 Å². The lowest BCUT2D eigenvalue weighted by molar-refractivity contribution is 0.641. The van der Waals surface area contributed by atoms with Crippen LogP contribution in [0.3, 0.4) is 0 Å². The Bertz CT molecular complexity index is 536. The molecule has 1 nitrogen and oxygen atoms in total. The molecule has 1 unspecified atom stereocenters. The first-order valence-corrected chi connectivity index (χ1v) is 7.59. The maximum Gasteiger partial charge on any atom is 0.0155 e. The van der Waals surface area contributed by atoms with Crippen molar-refractivity contribution in [3.8, 4) is 0 Å². The lowest BCUT2D eigenvalue weighted by atomic mass is 10.1. The van der Waals surface area contributed by atoms with Crippen molar-refractivity contribution in [2.45, 2.75) is 42.5 Å². The standard InChI is InChI=1S/C17H21NS/c1-3-15(18)12-14-9-5-7-11-17(14)19-16-10-6-4-8-13(16)2/h4-11,15H,3,12,18H2,1-2H3. The quantitative estimate of drug-likeness (QED) is 0.870. The van der Waals surface area contributed by atoms with Crippen LogP contribution in [0, 0.1) is 6.92 Å². The van der Waals surface area contributed by atoms with Gasteiger partial charge in [-0.25, -0.2) is 0 Å². The Labute approximate surface area is 120 Å². The maximum atomic E-state index is 6.09. The van der Waals surface area contributed by atoms with Gasteiger partial charge in [0.15, 0.2) is 0 Å². The molecule has 2 N–H and O–H groups in total. The third kappa shape index (κ3) is 3.85. The summed E-state index contributed by atoms with van der Waals surface area (Å²) in [6.45, 7) is 4.30. The molecule has 0 fully saturated rings. The average molecular weight is 271 g/mol. The topological polar surface area (TPSA) is 26.0 Å². The van der Waals surface area contributed by atoms with Gasteiger partial charge >= 0.3 is 0 Å². The van der Waals surface area contributed by atoms with Gasteiger partial charge in [0.2, 0.25) is 0 Å². The van der Waals surface area contributed by atoms with Gasteiger partial charge in [-0.3, -0.25) is 0 Å². The normalized spacial score (nSPS) is 12.4. The Morgan fingerprint density at radius 3 is 2.32 bits per heavy atom. The molecule has 0 aliphatic carbocycles. The summed E-state index contributed by atoms with van der Waals surface area (Å²) in [5.41, 5.74) is 8.76. The zero-order valence-corrected chi connectivity index (χ0v) is 12.4. The van der Waals surface area contributed by atoms with Crippen LogP contribution in [0.1, 0.15) is 24.5 Å². The number of benzene rings is 2. The summed E-state index contributed by atoms with van der Waals surface area (Å²) >= 11 is 1.84. The van der Waals surface area contributed by atoms with Crippen molar-refractivity contribution in [1.82, 2.24) is 0 Å². The fourth-order valence-electron chi connectivity index (χ4n) is 1.99. The van der Waals surface area contributed by atoms with Crippen LogP contribution in [-0.2, 0) is 6.42 Å². The van der Waals surface area contributed by atoms with Crippen LogP contribution in [0.15, 0.2) is 58.3 Å². The SMILES string of the molecule is CCC(N)Cc1ccccc1Sc1ccccc1C. The van der Waals surface area contributed by atoms with E-state index in [0.29, 0.717) is 0 Å². The molecule has 0 aliphatic rings. The largest absolute Gasteiger partial charge is 0.327 e. The van der Waals surface area contributed by atoms with Crippen LogP contribution in [0.2, 0.25) is 0 Å². The highest BCUT2D eigenvalue weighted by molar-refractivity contribution is 7.99. The van der Waals surface area contributed by atoms with E-state index in [9.17, 15) is 0 Å². The predicted octanol–water partition coefficient (Wildman–Crippen LogP) is 4.43. The van der Waals surface area contributed by atoms with Gasteiger partial charge in [0.25, 0.3) is 0 Å². The lowest BCUT2D eigenvalue weighted by Crippen LogP contribution is -2.21. The van der Waals surface area contributed by atoms with Gasteiger partial charge < -0.3 is 5.73 Å². The Morgan fingerprint density at radius 2 is 1.63 bits per heavy atom. The summed E-state index contributed by atoms with van der Waals surface area (Å²) in [7, 11) is 0. The van der Waals surface area contributed by atoms with Gasteiger partial charge in [0, 0.05) is 15.8 Å². The van der Waals surface area contributed by atoms with E-state index in [1.807, 2.05) is 11.8 Å². The second-order valence-electron chi connectivity index (χ2n) is 4.85. The van der Waals surface area contributed by atoms with Crippen molar-refractivity contribution in [2.75, 3.05) is 0 Å². The lowest BCUT2D eigenvalue weighted by Gasteiger charge is -2.13. The second kappa shape index (κ2) is 6.78. The monoisotopic (exact) mass is 271 g/mol. The zero-order chi connectivity index (χ0) is 13.7. The van der Waals surface area contributed by atoms with Crippen LogP contribution in [-0.4, -0.2) is 6.04 Å². The van der Waals surface area contributed by atoms with Crippen LogP contribution in [0.5, 0.6) is 0 Å². The van der Waals surface area contributed by atoms with Crippen molar-refractivity contribution < 1.29 is 0 Å². The molecule has 0 saturated carbocycles. The maximum absolute atomic E-state index is 6.09. The van der Waals surface area contributed by atoms with E-state index in [0.717, 1.165) is 12.8 Å². The average Bonchev–Trinajstić information content (AvgIpc) is 2.43. The minimum absolute atomic E-state index is 0.249. The van der Waals surface area contributed by atoms with E-state index in [1.165, 1.54) is 20.9 Å². The first-order chi connectivity index (χ1) is 9.20. The van der Waals surface area contributed by atoms with Gasteiger partial charge in [-0.1, -0.05) is 55.1 Å². The molecule has 1 atom stereocenters. The summed E-state index contributed by atoms with van der Waals surface area (Å²) < 4.78 is 0. The molecule has 0 saturated heterocycles. The minimum atomic E-state index is 0.249. The van der Waals surface area contributed by atoms with Gasteiger partial charge in [-0.05, 0) is 43.0 Å². The van der Waals surface area contributed by atoms with Crippen molar-refractivity contribution in [2.24, 2.45) is 5.73 Å². The zero-order valence-electron chi connectivity index (χ0n) is 11.6. The summed E-state index contributed by atoms with van der Waals surface area (Å²) in [5.74, 6) is 0. The van der Waals surface area contributed by atoms with Crippen molar-refractivity contribution >= 4 is 11.8 Å². The van der Waals surface area contributed by atoms with Crippen molar-refractivity contribution in [1.29, 1.82) is 0 Å². The molecule has 0 amide bonds. The molecule has 19 heavy (non-hydrogen) atoms. The highest BCUT2D eigenvalue weighted by Gasteiger charge is 2.08. The van der Waals surface area contributed by atoms with E-state index in [1.54, 1.807) is 0 Å². The molecule has 0 spiro atoms. The van der Waals surface area contributed by atoms with E-state index >= 15 is 0 Å². The van der Waals surface area contributed by atoms with Crippen LogP contribution < -0.4 is 5.73 Å². The van der Waals surface area contributed by atoms with E-state index in [-0.39, 0.29) is 6.04 Å². The molecule has 0 heterocycles. The molecule has 2 rings (SSSR count). The summed E-state index contributed by atoms with van der Waals surface area (Å²) in [6.07, 6.45) is 1.97. The third-order valence-corrected chi connectivity index (χ3v) is 4.59. The number of aryl methyl sites for hydroxylation is 1. The summed E-state index contributed by atoms with van der Waals surface area (Å²) in [4.78, 5) is 2.64. The van der Waals surface area contributed by atoms with E-state index in [2.05, 4.69) is 62.4 Å². The van der Waals surface area contributed by atoms with Gasteiger partial charge in [-0.2, -0.15) is 0 Å². The van der Waals surface area contributed by atoms with E-state index < -0.39 is 0 Å². The highest BCUT2D eigenvalue weighted by Crippen LogP contribution is 2.32. The van der Waals surface area contributed by atoms with Crippen LogP contribution in [0.25, 0.3) is 0 Å². The molecule has 2 aromatic rings. The minimum Gasteiger partial charge on any atom is -0.327 e. The molecule has 2 heteroatoms. The molecule has 2 aromatic carbocycles. The van der Waals surface area contributed by atoms with E-state index in [4.69, 9.17) is 5.73 Å². The number of rotatable bonds is 5. The van der Waals surface area contributed by atoms with Crippen LogP contribution in [0.4, 0.5) is 0 Å².